The maximum absolute atomic E-state index is 10.8. The minimum Gasteiger partial charge on any atom is -0.353 e. The first-order valence-corrected chi connectivity index (χ1v) is 5.04. The molecule has 1 aromatic heterocycles. The van der Waals surface area contributed by atoms with Crippen molar-refractivity contribution in [1.82, 2.24) is 9.47 Å². The Kier molecular flexibility index (Phi) is 3.89. The summed E-state index contributed by atoms with van der Waals surface area (Å²) >= 11 is 0. The molecule has 0 saturated heterocycles. The number of aldehydes is 1. The van der Waals surface area contributed by atoms with Gasteiger partial charge in [-0.25, -0.2) is 0 Å². The van der Waals surface area contributed by atoms with Crippen LogP contribution in [0, 0.1) is 0 Å². The lowest BCUT2D eigenvalue weighted by Crippen LogP contribution is -2.24. The van der Waals surface area contributed by atoms with Crippen molar-refractivity contribution < 1.29 is 4.79 Å². The largest absolute Gasteiger partial charge is 0.353 e. The number of hydrogen-bond acceptors (Lipinski definition) is 2. The molecule has 0 fully saturated rings. The lowest BCUT2D eigenvalue weighted by atomic mass is 10.2. The van der Waals surface area contributed by atoms with Gasteiger partial charge in [-0.15, -0.1) is 0 Å². The molecule has 0 unspecified atom stereocenters. The van der Waals surface area contributed by atoms with E-state index < -0.39 is 0 Å². The first-order chi connectivity index (χ1) is 6.72. The van der Waals surface area contributed by atoms with E-state index in [1.54, 1.807) is 0 Å². The minimum absolute atomic E-state index is 0.805. The first kappa shape index (κ1) is 11.0. The standard InChI is InChI=1S/C11H18N2O/c1-4-13(5-2)8-11-10(9-14)6-7-12(11)3/h6-7,9H,4-5,8H2,1-3H3. The maximum atomic E-state index is 10.8. The summed E-state index contributed by atoms with van der Waals surface area (Å²) in [5.41, 5.74) is 1.91. The number of rotatable bonds is 5. The number of nitrogens with zero attached hydrogens (tertiary/aromatic N) is 2. The summed E-state index contributed by atoms with van der Waals surface area (Å²) in [6.45, 7) is 7.14. The predicted octanol–water partition coefficient (Wildman–Crippen LogP) is 1.68. The van der Waals surface area contributed by atoms with Crippen LogP contribution in [0.15, 0.2) is 12.3 Å². The van der Waals surface area contributed by atoms with E-state index in [1.165, 1.54) is 0 Å². The molecule has 0 atom stereocenters. The molecule has 0 spiro atoms. The molecule has 0 N–H and O–H groups in total. The lowest BCUT2D eigenvalue weighted by molar-refractivity contribution is 0.112. The van der Waals surface area contributed by atoms with Gasteiger partial charge in [0.05, 0.1) is 0 Å². The van der Waals surface area contributed by atoms with Gasteiger partial charge in [0.15, 0.2) is 6.29 Å². The van der Waals surface area contributed by atoms with Crippen molar-refractivity contribution in [1.29, 1.82) is 0 Å². The summed E-state index contributed by atoms with van der Waals surface area (Å²) in [5.74, 6) is 0. The number of aromatic nitrogens is 1. The summed E-state index contributed by atoms with van der Waals surface area (Å²) in [7, 11) is 1.98. The van der Waals surface area contributed by atoms with Crippen LogP contribution in [0.4, 0.5) is 0 Å². The third kappa shape index (κ3) is 2.23. The molecule has 0 aliphatic carbocycles. The normalized spacial score (nSPS) is 10.9. The summed E-state index contributed by atoms with van der Waals surface area (Å²) in [6.07, 6.45) is 2.86. The highest BCUT2D eigenvalue weighted by Crippen LogP contribution is 2.10. The van der Waals surface area contributed by atoms with Gasteiger partial charge in [-0.3, -0.25) is 9.69 Å². The van der Waals surface area contributed by atoms with Gasteiger partial charge in [0.2, 0.25) is 0 Å². The van der Waals surface area contributed by atoms with Gasteiger partial charge in [0.1, 0.15) is 0 Å². The summed E-state index contributed by atoms with van der Waals surface area (Å²) in [6, 6.07) is 1.87. The zero-order chi connectivity index (χ0) is 10.6. The number of aryl methyl sites for hydroxylation is 1. The Morgan fingerprint density at radius 2 is 2.07 bits per heavy atom. The van der Waals surface area contributed by atoms with Crippen LogP contribution in [-0.2, 0) is 13.6 Å². The average molecular weight is 194 g/mol. The van der Waals surface area contributed by atoms with Crippen molar-refractivity contribution in [3.8, 4) is 0 Å². The zero-order valence-corrected chi connectivity index (χ0v) is 9.16. The molecule has 1 rings (SSSR count). The van der Waals surface area contributed by atoms with Crippen LogP contribution in [-0.4, -0.2) is 28.8 Å². The third-order valence-corrected chi connectivity index (χ3v) is 2.63. The second-order valence-corrected chi connectivity index (χ2v) is 3.41. The molecular formula is C11H18N2O. The van der Waals surface area contributed by atoms with E-state index in [0.29, 0.717) is 0 Å². The highest BCUT2D eigenvalue weighted by atomic mass is 16.1. The van der Waals surface area contributed by atoms with Crippen LogP contribution in [0.25, 0.3) is 0 Å². The monoisotopic (exact) mass is 194 g/mol. The van der Waals surface area contributed by atoms with E-state index >= 15 is 0 Å². The molecule has 1 aromatic rings. The SMILES string of the molecule is CCN(CC)Cc1c(C=O)ccn1C. The quantitative estimate of drug-likeness (QED) is 0.666. The van der Waals surface area contributed by atoms with Gasteiger partial charge in [0, 0.05) is 31.0 Å². The van der Waals surface area contributed by atoms with Crippen LogP contribution < -0.4 is 0 Å². The highest BCUT2D eigenvalue weighted by Gasteiger charge is 2.09. The fourth-order valence-corrected chi connectivity index (χ4v) is 1.55. The molecule has 0 radical (unpaired) electrons. The molecule has 3 heteroatoms. The smallest absolute Gasteiger partial charge is 0.151 e. The van der Waals surface area contributed by atoms with E-state index in [-0.39, 0.29) is 0 Å². The Morgan fingerprint density at radius 1 is 1.43 bits per heavy atom. The Balaban J connectivity index is 2.83. The molecule has 0 aliphatic heterocycles. The minimum atomic E-state index is 0.805. The zero-order valence-electron chi connectivity index (χ0n) is 9.16. The van der Waals surface area contributed by atoms with E-state index in [0.717, 1.165) is 37.2 Å². The molecule has 1 heterocycles. The summed E-state index contributed by atoms with van der Waals surface area (Å²) < 4.78 is 2.02. The topological polar surface area (TPSA) is 25.2 Å². The van der Waals surface area contributed by atoms with Crippen molar-refractivity contribution in [3.05, 3.63) is 23.5 Å². The van der Waals surface area contributed by atoms with Gasteiger partial charge >= 0.3 is 0 Å². The Morgan fingerprint density at radius 3 is 2.57 bits per heavy atom. The van der Waals surface area contributed by atoms with Crippen molar-refractivity contribution in [2.24, 2.45) is 7.05 Å². The van der Waals surface area contributed by atoms with Crippen LogP contribution in [0.5, 0.6) is 0 Å². The molecule has 0 aromatic carbocycles. The molecule has 78 valence electrons. The van der Waals surface area contributed by atoms with Gasteiger partial charge in [-0.2, -0.15) is 0 Å². The van der Waals surface area contributed by atoms with Crippen molar-refractivity contribution in [2.75, 3.05) is 13.1 Å². The third-order valence-electron chi connectivity index (χ3n) is 2.63. The number of carbonyl (C=O) groups is 1. The fourth-order valence-electron chi connectivity index (χ4n) is 1.55. The molecular weight excluding hydrogens is 176 g/mol. The Labute approximate surface area is 85.3 Å². The predicted molar refractivity (Wildman–Crippen MR) is 57.4 cm³/mol. The second-order valence-electron chi connectivity index (χ2n) is 3.41. The van der Waals surface area contributed by atoms with Crippen molar-refractivity contribution in [3.63, 3.8) is 0 Å². The molecule has 3 nitrogen and oxygen atoms in total. The maximum Gasteiger partial charge on any atom is 0.151 e. The van der Waals surface area contributed by atoms with Gasteiger partial charge in [-0.05, 0) is 19.2 Å². The van der Waals surface area contributed by atoms with Gasteiger partial charge in [0.25, 0.3) is 0 Å². The van der Waals surface area contributed by atoms with E-state index in [2.05, 4.69) is 18.7 Å². The van der Waals surface area contributed by atoms with E-state index in [1.807, 2.05) is 23.9 Å². The van der Waals surface area contributed by atoms with Crippen LogP contribution in [0.3, 0.4) is 0 Å². The van der Waals surface area contributed by atoms with Crippen molar-refractivity contribution in [2.45, 2.75) is 20.4 Å². The highest BCUT2D eigenvalue weighted by molar-refractivity contribution is 5.76. The van der Waals surface area contributed by atoms with E-state index in [4.69, 9.17) is 0 Å². The van der Waals surface area contributed by atoms with Gasteiger partial charge < -0.3 is 4.57 Å². The molecule has 0 amide bonds. The molecule has 0 saturated carbocycles. The van der Waals surface area contributed by atoms with Crippen molar-refractivity contribution >= 4 is 6.29 Å². The van der Waals surface area contributed by atoms with Gasteiger partial charge in [-0.1, -0.05) is 13.8 Å². The van der Waals surface area contributed by atoms with Crippen LogP contribution in [0.1, 0.15) is 29.9 Å². The number of hydrogen-bond donors (Lipinski definition) is 0. The second kappa shape index (κ2) is 4.96. The summed E-state index contributed by atoms with van der Waals surface area (Å²) in [4.78, 5) is 13.1. The van der Waals surface area contributed by atoms with Crippen LogP contribution in [0.2, 0.25) is 0 Å². The lowest BCUT2D eigenvalue weighted by Gasteiger charge is -2.18. The van der Waals surface area contributed by atoms with E-state index in [9.17, 15) is 4.79 Å². The summed E-state index contributed by atoms with van der Waals surface area (Å²) in [5, 5.41) is 0. The average Bonchev–Trinajstić information content (AvgIpc) is 2.56. The fraction of sp³-hybridized carbons (Fsp3) is 0.545. The Hall–Kier alpha value is -1.09. The first-order valence-electron chi connectivity index (χ1n) is 5.04. The molecule has 14 heavy (non-hydrogen) atoms. The number of carbonyl (C=O) groups excluding carboxylic acids is 1. The Bertz CT molecular complexity index is 300. The molecule has 0 bridgehead atoms. The molecule has 0 aliphatic rings. The van der Waals surface area contributed by atoms with Crippen LogP contribution >= 0.6 is 0 Å².